The molecule has 0 saturated heterocycles. The minimum absolute atomic E-state index is 0.0908. The third kappa shape index (κ3) is 32.0. The number of carbonyl (C=O) groups is 1. The lowest BCUT2D eigenvalue weighted by Crippen LogP contribution is -2.27. The van der Waals surface area contributed by atoms with E-state index in [0.29, 0.717) is 6.42 Å². The molecule has 55 heavy (non-hydrogen) atoms. The summed E-state index contributed by atoms with van der Waals surface area (Å²) >= 11 is 0. The number of unbranched alkanes of at least 4 members (excludes halogenated alkanes) is 24. The highest BCUT2D eigenvalue weighted by Crippen LogP contribution is 2.46. The van der Waals surface area contributed by atoms with Crippen LogP contribution in [0.2, 0.25) is 0 Å². The predicted molar refractivity (Wildman–Crippen MR) is 244 cm³/mol. The van der Waals surface area contributed by atoms with E-state index in [9.17, 15) is 4.79 Å². The Kier molecular flexibility index (Phi) is 35.9. The summed E-state index contributed by atoms with van der Waals surface area (Å²) in [7, 11) is 7.81. The van der Waals surface area contributed by atoms with Crippen LogP contribution in [0.25, 0.3) is 0 Å². The molecule has 0 aliphatic heterocycles. The van der Waals surface area contributed by atoms with E-state index in [1.807, 2.05) is 0 Å². The summed E-state index contributed by atoms with van der Waals surface area (Å²) in [6.45, 7) is 6.91. The lowest BCUT2D eigenvalue weighted by molar-refractivity contribution is -0.168. The molecule has 0 aromatic rings. The zero-order valence-electron chi connectivity index (χ0n) is 39.0. The summed E-state index contributed by atoms with van der Waals surface area (Å²) in [4.78, 5) is 18.9. The molecule has 5 unspecified atom stereocenters. The van der Waals surface area contributed by atoms with Gasteiger partial charge in [-0.2, -0.15) is 0 Å². The summed E-state index contributed by atoms with van der Waals surface area (Å²) in [6.07, 6.45) is 53.6. The van der Waals surface area contributed by atoms with Crippen LogP contribution < -0.4 is 0 Å². The lowest BCUT2D eigenvalue weighted by Gasteiger charge is -2.24. The zero-order valence-corrected chi connectivity index (χ0v) is 39.0. The molecule has 328 valence electrons. The van der Waals surface area contributed by atoms with Gasteiger partial charge in [-0.25, -0.2) is 5.06 Å². The molecular weight excluding hydrogens is 673 g/mol. The Morgan fingerprint density at radius 3 is 1.05 bits per heavy atom. The molecule has 0 heterocycles. The second kappa shape index (κ2) is 37.6. The first-order chi connectivity index (χ1) is 26.9. The first kappa shape index (κ1) is 52.4. The van der Waals surface area contributed by atoms with Gasteiger partial charge in [0.1, 0.15) is 0 Å². The van der Waals surface area contributed by atoms with Gasteiger partial charge in [0, 0.05) is 19.5 Å². The molecule has 0 aromatic heterocycles. The van der Waals surface area contributed by atoms with Gasteiger partial charge in [0.15, 0.2) is 0 Å². The second-order valence-corrected chi connectivity index (χ2v) is 18.9. The Morgan fingerprint density at radius 2 is 0.745 bits per heavy atom. The SMILES string of the molecule is CCCCCCCCC1CC1CCCCCCCC(=O)N(C)OC.CCCCCCCCCC(CCCCCCCC1CC1CCCCCCCC)N(C)C. The van der Waals surface area contributed by atoms with Gasteiger partial charge in [-0.1, -0.05) is 226 Å². The maximum atomic E-state index is 11.6. The maximum absolute atomic E-state index is 11.6. The number of rotatable bonds is 40. The molecule has 0 N–H and O–H groups in total. The van der Waals surface area contributed by atoms with Gasteiger partial charge in [-0.15, -0.1) is 0 Å². The van der Waals surface area contributed by atoms with Crippen molar-refractivity contribution in [3.8, 4) is 0 Å². The molecule has 2 aliphatic rings. The third-order valence-corrected chi connectivity index (χ3v) is 13.6. The lowest BCUT2D eigenvalue weighted by atomic mass is 9.99. The summed E-state index contributed by atoms with van der Waals surface area (Å²) < 4.78 is 0. The van der Waals surface area contributed by atoms with Crippen molar-refractivity contribution in [2.45, 2.75) is 271 Å². The minimum atomic E-state index is 0.0908. The van der Waals surface area contributed by atoms with Crippen LogP contribution in [0.5, 0.6) is 0 Å². The van der Waals surface area contributed by atoms with E-state index in [1.54, 1.807) is 26.3 Å². The van der Waals surface area contributed by atoms with Crippen LogP contribution in [0.1, 0.15) is 265 Å². The summed E-state index contributed by atoms with van der Waals surface area (Å²) in [5, 5.41) is 1.33. The number of amides is 1. The number of carbonyl (C=O) groups excluding carboxylic acids is 1. The van der Waals surface area contributed by atoms with Crippen LogP contribution in [0, 0.1) is 23.7 Å². The normalized spacial score (nSPS) is 19.3. The Morgan fingerprint density at radius 1 is 0.455 bits per heavy atom. The van der Waals surface area contributed by atoms with Crippen LogP contribution in [-0.4, -0.2) is 50.2 Å². The maximum Gasteiger partial charge on any atom is 0.245 e. The summed E-state index contributed by atoms with van der Waals surface area (Å²) in [6, 6.07) is 0.824. The minimum Gasteiger partial charge on any atom is -0.306 e. The highest BCUT2D eigenvalue weighted by atomic mass is 16.7. The van der Waals surface area contributed by atoms with E-state index in [4.69, 9.17) is 4.84 Å². The van der Waals surface area contributed by atoms with Crippen molar-refractivity contribution in [3.63, 3.8) is 0 Å². The molecule has 0 spiro atoms. The molecule has 4 nitrogen and oxygen atoms in total. The van der Waals surface area contributed by atoms with Gasteiger partial charge in [0.05, 0.1) is 7.11 Å². The van der Waals surface area contributed by atoms with Crippen molar-refractivity contribution in [1.82, 2.24) is 9.96 Å². The van der Waals surface area contributed by atoms with Gasteiger partial charge < -0.3 is 4.90 Å². The van der Waals surface area contributed by atoms with Crippen molar-refractivity contribution >= 4 is 5.91 Å². The predicted octanol–water partition coefficient (Wildman–Crippen LogP) is 16.3. The van der Waals surface area contributed by atoms with E-state index in [1.165, 1.54) is 224 Å². The summed E-state index contributed by atoms with van der Waals surface area (Å²) in [5.41, 5.74) is 0. The van der Waals surface area contributed by atoms with E-state index in [0.717, 1.165) is 36.1 Å². The highest BCUT2D eigenvalue weighted by molar-refractivity contribution is 5.74. The van der Waals surface area contributed by atoms with Crippen LogP contribution in [0.3, 0.4) is 0 Å². The second-order valence-electron chi connectivity index (χ2n) is 18.9. The molecule has 4 heteroatoms. The number of hydroxylamine groups is 2. The first-order valence-electron chi connectivity index (χ1n) is 25.3. The van der Waals surface area contributed by atoms with Crippen molar-refractivity contribution in [2.75, 3.05) is 28.3 Å². The van der Waals surface area contributed by atoms with Crippen LogP contribution in [0.15, 0.2) is 0 Å². The van der Waals surface area contributed by atoms with Gasteiger partial charge in [-0.05, 0) is 69.9 Å². The molecule has 2 rings (SSSR count). The van der Waals surface area contributed by atoms with Crippen LogP contribution in [0.4, 0.5) is 0 Å². The Bertz CT molecular complexity index is 817. The smallest absolute Gasteiger partial charge is 0.245 e. The molecule has 1 amide bonds. The van der Waals surface area contributed by atoms with E-state index in [2.05, 4.69) is 39.8 Å². The van der Waals surface area contributed by atoms with Crippen LogP contribution >= 0.6 is 0 Å². The van der Waals surface area contributed by atoms with Crippen LogP contribution in [-0.2, 0) is 9.63 Å². The summed E-state index contributed by atoms with van der Waals surface area (Å²) in [5.74, 6) is 4.46. The van der Waals surface area contributed by atoms with Crippen molar-refractivity contribution in [2.24, 2.45) is 23.7 Å². The standard InChI is InChI=1S/C30H61N.C21H41NO2/c1-5-7-9-11-13-17-21-25-30(31(3)4)26-22-18-14-16-20-24-29-27-28(29)23-19-15-12-10-8-6-2;1-4-5-6-7-9-12-15-19-18-20(19)16-13-10-8-11-14-17-21(23)22(2)24-3/h28-30H,5-27H2,1-4H3;19-20H,4-18H2,1-3H3. The molecule has 0 aromatic carbocycles. The molecule has 2 saturated carbocycles. The van der Waals surface area contributed by atoms with Gasteiger partial charge in [0.25, 0.3) is 0 Å². The Hall–Kier alpha value is -0.610. The zero-order chi connectivity index (χ0) is 40.2. The van der Waals surface area contributed by atoms with Crippen molar-refractivity contribution in [3.05, 3.63) is 0 Å². The Balaban J connectivity index is 0.000000568. The third-order valence-electron chi connectivity index (χ3n) is 13.6. The molecule has 0 bridgehead atoms. The first-order valence-corrected chi connectivity index (χ1v) is 25.3. The molecule has 2 aliphatic carbocycles. The topological polar surface area (TPSA) is 32.8 Å². The fourth-order valence-corrected chi connectivity index (χ4v) is 9.20. The molecule has 2 fully saturated rings. The highest BCUT2D eigenvalue weighted by Gasteiger charge is 2.35. The molecule has 5 atom stereocenters. The number of hydrogen-bond acceptors (Lipinski definition) is 3. The Labute approximate surface area is 347 Å². The number of hydrogen-bond donors (Lipinski definition) is 0. The van der Waals surface area contributed by atoms with Gasteiger partial charge in [0.2, 0.25) is 5.91 Å². The van der Waals surface area contributed by atoms with Gasteiger partial charge >= 0.3 is 0 Å². The molecular formula is C51H102N2O2. The average molecular weight is 775 g/mol. The average Bonchev–Trinajstić information content (AvgIpc) is 4.12. The number of nitrogens with zero attached hydrogens (tertiary/aromatic N) is 2. The van der Waals surface area contributed by atoms with Crippen molar-refractivity contribution < 1.29 is 9.63 Å². The van der Waals surface area contributed by atoms with E-state index >= 15 is 0 Å². The fourth-order valence-electron chi connectivity index (χ4n) is 9.20. The van der Waals surface area contributed by atoms with E-state index < -0.39 is 0 Å². The van der Waals surface area contributed by atoms with E-state index in [-0.39, 0.29) is 5.91 Å². The van der Waals surface area contributed by atoms with Crippen molar-refractivity contribution in [1.29, 1.82) is 0 Å². The van der Waals surface area contributed by atoms with Gasteiger partial charge in [-0.3, -0.25) is 9.63 Å². The monoisotopic (exact) mass is 775 g/mol. The quantitative estimate of drug-likeness (QED) is 0.0459. The molecule has 0 radical (unpaired) electrons. The largest absolute Gasteiger partial charge is 0.306 e. The fraction of sp³-hybridized carbons (Fsp3) is 0.980.